The summed E-state index contributed by atoms with van der Waals surface area (Å²) in [6.07, 6.45) is 0. The molecule has 0 aromatic heterocycles. The summed E-state index contributed by atoms with van der Waals surface area (Å²) in [5, 5.41) is 3.38. The molecule has 3 rings (SSSR count). The monoisotopic (exact) mass is 355 g/mol. The fraction of sp³-hybridized carbons (Fsp3) is 0.625. The van der Waals surface area contributed by atoms with Gasteiger partial charge in [0.25, 0.3) is 0 Å². The summed E-state index contributed by atoms with van der Waals surface area (Å²) in [5.41, 5.74) is 3.74. The van der Waals surface area contributed by atoms with Gasteiger partial charge in [-0.15, -0.1) is 0 Å². The molecular weight excluding hydrogens is 330 g/mol. The van der Waals surface area contributed by atoms with Crippen molar-refractivity contribution in [1.29, 1.82) is 0 Å². The zero-order valence-corrected chi connectivity index (χ0v) is 15.1. The SMILES string of the molecule is O=S1(=O)CCN(Cc2cc(CS)cc(N3CCNCC3)c2)CC1. The first-order valence-electron chi connectivity index (χ1n) is 8.18. The van der Waals surface area contributed by atoms with Crippen molar-refractivity contribution in [2.45, 2.75) is 12.3 Å². The number of rotatable bonds is 4. The van der Waals surface area contributed by atoms with Gasteiger partial charge in [0.05, 0.1) is 11.5 Å². The number of hydrogen-bond donors (Lipinski definition) is 2. The molecule has 0 amide bonds. The lowest BCUT2D eigenvalue weighted by atomic mass is 10.1. The van der Waals surface area contributed by atoms with E-state index < -0.39 is 9.84 Å². The fourth-order valence-corrected chi connectivity index (χ4v) is 4.66. The highest BCUT2D eigenvalue weighted by Gasteiger charge is 2.22. The highest BCUT2D eigenvalue weighted by atomic mass is 32.2. The van der Waals surface area contributed by atoms with Gasteiger partial charge in [0.2, 0.25) is 0 Å². The molecule has 2 aliphatic heterocycles. The van der Waals surface area contributed by atoms with E-state index in [0.717, 1.165) is 38.5 Å². The van der Waals surface area contributed by atoms with Gasteiger partial charge in [0.15, 0.2) is 9.84 Å². The molecule has 0 unspecified atom stereocenters. The van der Waals surface area contributed by atoms with E-state index in [1.807, 2.05) is 0 Å². The second-order valence-corrected chi connectivity index (χ2v) is 8.95. The Kier molecular flexibility index (Phi) is 5.51. The van der Waals surface area contributed by atoms with Crippen LogP contribution < -0.4 is 10.2 Å². The summed E-state index contributed by atoms with van der Waals surface area (Å²) in [6, 6.07) is 6.67. The number of anilines is 1. The van der Waals surface area contributed by atoms with Crippen LogP contribution in [-0.2, 0) is 22.1 Å². The molecule has 0 aliphatic carbocycles. The van der Waals surface area contributed by atoms with E-state index >= 15 is 0 Å². The van der Waals surface area contributed by atoms with Crippen molar-refractivity contribution in [3.05, 3.63) is 29.3 Å². The van der Waals surface area contributed by atoms with Crippen molar-refractivity contribution in [1.82, 2.24) is 10.2 Å². The van der Waals surface area contributed by atoms with Gasteiger partial charge in [-0.3, -0.25) is 4.90 Å². The summed E-state index contributed by atoms with van der Waals surface area (Å²) >= 11 is 4.43. The predicted molar refractivity (Wildman–Crippen MR) is 98.1 cm³/mol. The molecule has 0 radical (unpaired) electrons. The molecule has 1 aromatic rings. The minimum Gasteiger partial charge on any atom is -0.369 e. The lowest BCUT2D eigenvalue weighted by Crippen LogP contribution is -2.43. The minimum atomic E-state index is -2.82. The number of nitrogens with one attached hydrogen (secondary N) is 1. The maximum atomic E-state index is 11.6. The van der Waals surface area contributed by atoms with E-state index in [1.54, 1.807) is 0 Å². The van der Waals surface area contributed by atoms with Crippen LogP contribution in [-0.4, -0.2) is 64.1 Å². The number of hydrogen-bond acceptors (Lipinski definition) is 6. The summed E-state index contributed by atoms with van der Waals surface area (Å²) in [6.45, 7) is 6.17. The van der Waals surface area contributed by atoms with E-state index in [2.05, 4.69) is 45.9 Å². The van der Waals surface area contributed by atoms with Crippen molar-refractivity contribution in [2.24, 2.45) is 0 Å². The number of benzene rings is 1. The van der Waals surface area contributed by atoms with E-state index in [4.69, 9.17) is 0 Å². The number of sulfone groups is 1. The van der Waals surface area contributed by atoms with Gasteiger partial charge in [0, 0.05) is 57.3 Å². The predicted octanol–water partition coefficient (Wildman–Crippen LogP) is 0.756. The second-order valence-electron chi connectivity index (χ2n) is 6.33. The molecule has 2 saturated heterocycles. The molecule has 2 aliphatic rings. The molecule has 7 heteroatoms. The average molecular weight is 356 g/mol. The van der Waals surface area contributed by atoms with Gasteiger partial charge in [-0.05, 0) is 23.3 Å². The Balaban J connectivity index is 1.73. The number of nitrogens with zero attached hydrogens (tertiary/aromatic N) is 2. The zero-order chi connectivity index (χ0) is 16.3. The summed E-state index contributed by atoms with van der Waals surface area (Å²) in [7, 11) is -2.82. The Morgan fingerprint density at radius 2 is 1.65 bits per heavy atom. The molecule has 0 bridgehead atoms. The van der Waals surface area contributed by atoms with Gasteiger partial charge in [0.1, 0.15) is 0 Å². The lowest BCUT2D eigenvalue weighted by molar-refractivity contribution is 0.287. The van der Waals surface area contributed by atoms with E-state index in [-0.39, 0.29) is 11.5 Å². The van der Waals surface area contributed by atoms with Crippen LogP contribution in [0.2, 0.25) is 0 Å². The summed E-state index contributed by atoms with van der Waals surface area (Å²) in [4.78, 5) is 4.65. The van der Waals surface area contributed by atoms with Crippen LogP contribution in [0.4, 0.5) is 5.69 Å². The van der Waals surface area contributed by atoms with E-state index in [1.165, 1.54) is 16.8 Å². The highest BCUT2D eigenvalue weighted by molar-refractivity contribution is 7.91. The van der Waals surface area contributed by atoms with Gasteiger partial charge in [-0.25, -0.2) is 8.42 Å². The van der Waals surface area contributed by atoms with Gasteiger partial charge in [-0.2, -0.15) is 12.6 Å². The standard InChI is InChI=1S/C16H25N3O2S2/c20-23(21)7-5-18(6-8-23)12-14-9-15(13-22)11-16(10-14)19-3-1-17-2-4-19/h9-11,17,22H,1-8,12-13H2. The van der Waals surface area contributed by atoms with Crippen LogP contribution in [0.25, 0.3) is 0 Å². The Labute approximate surface area is 144 Å². The molecule has 2 heterocycles. The molecular formula is C16H25N3O2S2. The topological polar surface area (TPSA) is 52.7 Å². The first-order valence-corrected chi connectivity index (χ1v) is 10.6. The first-order chi connectivity index (χ1) is 11.1. The number of thiol groups is 1. The molecule has 0 spiro atoms. The lowest BCUT2D eigenvalue weighted by Gasteiger charge is -2.31. The van der Waals surface area contributed by atoms with Crippen molar-refractivity contribution >= 4 is 28.2 Å². The van der Waals surface area contributed by atoms with Crippen molar-refractivity contribution < 1.29 is 8.42 Å². The molecule has 1 N–H and O–H groups in total. The van der Waals surface area contributed by atoms with Gasteiger partial charge in [-0.1, -0.05) is 6.07 Å². The van der Waals surface area contributed by atoms with Gasteiger partial charge < -0.3 is 10.2 Å². The van der Waals surface area contributed by atoms with E-state index in [0.29, 0.717) is 13.1 Å². The molecule has 23 heavy (non-hydrogen) atoms. The minimum absolute atomic E-state index is 0.282. The normalized spacial score (nSPS) is 22.2. The number of piperazine rings is 1. The average Bonchev–Trinajstić information content (AvgIpc) is 2.57. The second kappa shape index (κ2) is 7.42. The van der Waals surface area contributed by atoms with Gasteiger partial charge >= 0.3 is 0 Å². The van der Waals surface area contributed by atoms with E-state index in [9.17, 15) is 8.42 Å². The first kappa shape index (κ1) is 17.1. The Morgan fingerprint density at radius 3 is 2.30 bits per heavy atom. The Hall–Kier alpha value is -0.760. The van der Waals surface area contributed by atoms with Crippen molar-refractivity contribution in [3.63, 3.8) is 0 Å². The fourth-order valence-electron chi connectivity index (χ4n) is 3.20. The third kappa shape index (κ3) is 4.62. The van der Waals surface area contributed by atoms with Crippen molar-refractivity contribution in [3.8, 4) is 0 Å². The quantitative estimate of drug-likeness (QED) is 0.781. The van der Waals surface area contributed by atoms with Crippen LogP contribution in [0.15, 0.2) is 18.2 Å². The Morgan fingerprint density at radius 1 is 1.00 bits per heavy atom. The molecule has 128 valence electrons. The van der Waals surface area contributed by atoms with Crippen LogP contribution in [0.5, 0.6) is 0 Å². The van der Waals surface area contributed by atoms with Crippen molar-refractivity contribution in [2.75, 3.05) is 55.7 Å². The summed E-state index contributed by atoms with van der Waals surface area (Å²) in [5.74, 6) is 1.29. The highest BCUT2D eigenvalue weighted by Crippen LogP contribution is 2.22. The smallest absolute Gasteiger partial charge is 0.152 e. The van der Waals surface area contributed by atoms with Crippen LogP contribution >= 0.6 is 12.6 Å². The molecule has 0 atom stereocenters. The third-order valence-corrected chi connectivity index (χ3v) is 6.52. The maximum absolute atomic E-state index is 11.6. The molecule has 0 saturated carbocycles. The van der Waals surface area contributed by atoms with Crippen LogP contribution in [0, 0.1) is 0 Å². The third-order valence-electron chi connectivity index (χ3n) is 4.55. The molecule has 2 fully saturated rings. The summed E-state index contributed by atoms with van der Waals surface area (Å²) < 4.78 is 23.1. The van der Waals surface area contributed by atoms with Crippen LogP contribution in [0.1, 0.15) is 11.1 Å². The largest absolute Gasteiger partial charge is 0.369 e. The Bertz CT molecular complexity index is 629. The zero-order valence-electron chi connectivity index (χ0n) is 13.4. The maximum Gasteiger partial charge on any atom is 0.152 e. The van der Waals surface area contributed by atoms with Crippen LogP contribution in [0.3, 0.4) is 0 Å². The molecule has 5 nitrogen and oxygen atoms in total. The molecule has 1 aromatic carbocycles.